The molecule has 0 radical (unpaired) electrons. The minimum atomic E-state index is 0.828. The Labute approximate surface area is 135 Å². The second kappa shape index (κ2) is 7.81. The van der Waals surface area contributed by atoms with E-state index in [1.54, 1.807) is 13.3 Å². The third kappa shape index (κ3) is 4.33. The second-order valence-corrected chi connectivity index (χ2v) is 6.13. The average Bonchev–Trinajstić information content (AvgIpc) is 2.91. The molecule has 1 aromatic heterocycles. The maximum absolute atomic E-state index is 5.29. The molecule has 1 aromatic carbocycles. The van der Waals surface area contributed by atoms with Gasteiger partial charge in [-0.1, -0.05) is 0 Å². The number of aryl methyl sites for hydroxylation is 1. The van der Waals surface area contributed by atoms with Crippen LogP contribution in [0.25, 0.3) is 0 Å². The van der Waals surface area contributed by atoms with Gasteiger partial charge in [0.1, 0.15) is 5.75 Å². The van der Waals surface area contributed by atoms with Crippen LogP contribution in [0, 0.1) is 0 Å². The van der Waals surface area contributed by atoms with Gasteiger partial charge in [0, 0.05) is 25.5 Å². The third-order valence-electron chi connectivity index (χ3n) is 2.92. The SMILES string of the molecule is COc1c(Br)cc(CNCCCn2ccnc2)cc1Br. The average molecular weight is 403 g/mol. The first-order valence-corrected chi connectivity index (χ1v) is 7.97. The summed E-state index contributed by atoms with van der Waals surface area (Å²) in [6, 6.07) is 4.15. The number of hydrogen-bond donors (Lipinski definition) is 1. The fraction of sp³-hybridized carbons (Fsp3) is 0.357. The van der Waals surface area contributed by atoms with Crippen LogP contribution >= 0.6 is 31.9 Å². The lowest BCUT2D eigenvalue weighted by Gasteiger charge is -2.10. The zero-order valence-electron chi connectivity index (χ0n) is 11.3. The van der Waals surface area contributed by atoms with E-state index in [0.29, 0.717) is 0 Å². The maximum atomic E-state index is 5.29. The lowest BCUT2D eigenvalue weighted by Crippen LogP contribution is -2.16. The molecule has 1 heterocycles. The fourth-order valence-electron chi connectivity index (χ4n) is 1.95. The zero-order valence-corrected chi connectivity index (χ0v) is 14.4. The maximum Gasteiger partial charge on any atom is 0.147 e. The highest BCUT2D eigenvalue weighted by molar-refractivity contribution is 9.11. The molecule has 0 spiro atoms. The Hall–Kier alpha value is -0.850. The summed E-state index contributed by atoms with van der Waals surface area (Å²) in [5.41, 5.74) is 1.21. The van der Waals surface area contributed by atoms with Crippen LogP contribution < -0.4 is 10.1 Å². The molecular weight excluding hydrogens is 386 g/mol. The molecule has 0 bridgehead atoms. The third-order valence-corrected chi connectivity index (χ3v) is 4.10. The van der Waals surface area contributed by atoms with E-state index in [0.717, 1.165) is 40.8 Å². The minimum Gasteiger partial charge on any atom is -0.494 e. The van der Waals surface area contributed by atoms with Crippen molar-refractivity contribution >= 4 is 31.9 Å². The molecule has 0 aliphatic carbocycles. The van der Waals surface area contributed by atoms with Crippen LogP contribution in [-0.4, -0.2) is 23.2 Å². The zero-order chi connectivity index (χ0) is 14.4. The van der Waals surface area contributed by atoms with E-state index >= 15 is 0 Å². The fourth-order valence-corrected chi connectivity index (χ4v) is 3.55. The van der Waals surface area contributed by atoms with Crippen molar-refractivity contribution in [3.05, 3.63) is 45.4 Å². The summed E-state index contributed by atoms with van der Waals surface area (Å²) in [4.78, 5) is 4.02. The lowest BCUT2D eigenvalue weighted by atomic mass is 10.2. The number of nitrogens with one attached hydrogen (secondary N) is 1. The molecule has 0 amide bonds. The molecule has 0 fully saturated rings. The van der Waals surface area contributed by atoms with Crippen LogP contribution in [0.5, 0.6) is 5.75 Å². The number of ether oxygens (including phenoxy) is 1. The van der Waals surface area contributed by atoms with Crippen molar-refractivity contribution in [2.24, 2.45) is 0 Å². The topological polar surface area (TPSA) is 39.1 Å². The molecular formula is C14H17Br2N3O. The van der Waals surface area contributed by atoms with E-state index in [1.165, 1.54) is 5.56 Å². The molecule has 0 saturated heterocycles. The predicted molar refractivity (Wildman–Crippen MR) is 86.9 cm³/mol. The molecule has 1 N–H and O–H groups in total. The molecule has 6 heteroatoms. The highest BCUT2D eigenvalue weighted by atomic mass is 79.9. The molecule has 108 valence electrons. The van der Waals surface area contributed by atoms with Crippen molar-refractivity contribution in [1.29, 1.82) is 0 Å². The van der Waals surface area contributed by atoms with E-state index < -0.39 is 0 Å². The first-order chi connectivity index (χ1) is 9.70. The van der Waals surface area contributed by atoms with E-state index in [-0.39, 0.29) is 0 Å². The van der Waals surface area contributed by atoms with Gasteiger partial charge in [0.15, 0.2) is 0 Å². The monoisotopic (exact) mass is 401 g/mol. The first-order valence-electron chi connectivity index (χ1n) is 6.39. The lowest BCUT2D eigenvalue weighted by molar-refractivity contribution is 0.409. The van der Waals surface area contributed by atoms with Gasteiger partial charge >= 0.3 is 0 Å². The van der Waals surface area contributed by atoms with Gasteiger partial charge in [-0.05, 0) is 62.5 Å². The van der Waals surface area contributed by atoms with Gasteiger partial charge in [0.25, 0.3) is 0 Å². The number of benzene rings is 1. The van der Waals surface area contributed by atoms with Crippen LogP contribution in [0.1, 0.15) is 12.0 Å². The minimum absolute atomic E-state index is 0.828. The molecule has 20 heavy (non-hydrogen) atoms. The van der Waals surface area contributed by atoms with Gasteiger partial charge in [-0.25, -0.2) is 4.98 Å². The van der Waals surface area contributed by atoms with Gasteiger partial charge in [0.05, 0.1) is 22.4 Å². The Morgan fingerprint density at radius 2 is 2.05 bits per heavy atom. The summed E-state index contributed by atoms with van der Waals surface area (Å²) in [6.07, 6.45) is 6.71. The number of hydrogen-bond acceptors (Lipinski definition) is 3. The summed E-state index contributed by atoms with van der Waals surface area (Å²) in [5.74, 6) is 0.828. The van der Waals surface area contributed by atoms with Crippen molar-refractivity contribution in [3.8, 4) is 5.75 Å². The van der Waals surface area contributed by atoms with Crippen molar-refractivity contribution in [1.82, 2.24) is 14.9 Å². The summed E-state index contributed by atoms with van der Waals surface area (Å²) in [5, 5.41) is 3.44. The normalized spacial score (nSPS) is 10.8. The van der Waals surface area contributed by atoms with Crippen molar-refractivity contribution < 1.29 is 4.74 Å². The van der Waals surface area contributed by atoms with Crippen molar-refractivity contribution in [3.63, 3.8) is 0 Å². The van der Waals surface area contributed by atoms with Gasteiger partial charge < -0.3 is 14.6 Å². The highest BCUT2D eigenvalue weighted by Crippen LogP contribution is 2.34. The van der Waals surface area contributed by atoms with Gasteiger partial charge in [-0.3, -0.25) is 0 Å². The van der Waals surface area contributed by atoms with Crippen LogP contribution in [0.3, 0.4) is 0 Å². The molecule has 0 saturated carbocycles. The van der Waals surface area contributed by atoms with Crippen LogP contribution in [0.4, 0.5) is 0 Å². The Kier molecular flexibility index (Phi) is 6.06. The Morgan fingerprint density at radius 3 is 2.65 bits per heavy atom. The molecule has 0 atom stereocenters. The van der Waals surface area contributed by atoms with Crippen molar-refractivity contribution in [2.45, 2.75) is 19.5 Å². The van der Waals surface area contributed by atoms with E-state index in [4.69, 9.17) is 4.74 Å². The standard InChI is InChI=1S/C14H17Br2N3O/c1-20-14-12(15)7-11(8-13(14)16)9-17-3-2-5-19-6-4-18-10-19/h4,6-8,10,17H,2-3,5,9H2,1H3. The van der Waals surface area contributed by atoms with Gasteiger partial charge in [-0.15, -0.1) is 0 Å². The van der Waals surface area contributed by atoms with Gasteiger partial charge in [-0.2, -0.15) is 0 Å². The Bertz CT molecular complexity index is 520. The molecule has 2 rings (SSSR count). The van der Waals surface area contributed by atoms with E-state index in [1.807, 2.05) is 12.5 Å². The number of halogens is 2. The second-order valence-electron chi connectivity index (χ2n) is 4.42. The summed E-state index contributed by atoms with van der Waals surface area (Å²) in [6.45, 7) is 2.80. The molecule has 0 aliphatic heterocycles. The molecule has 0 unspecified atom stereocenters. The van der Waals surface area contributed by atoms with E-state index in [2.05, 4.69) is 58.9 Å². The number of aromatic nitrogens is 2. The summed E-state index contributed by atoms with van der Waals surface area (Å²) in [7, 11) is 1.67. The van der Waals surface area contributed by atoms with Crippen LogP contribution in [0.2, 0.25) is 0 Å². The predicted octanol–water partition coefficient (Wildman–Crippen LogP) is 3.60. The first kappa shape index (κ1) is 15.5. The van der Waals surface area contributed by atoms with Gasteiger partial charge in [0.2, 0.25) is 0 Å². The smallest absolute Gasteiger partial charge is 0.147 e. The summed E-state index contributed by atoms with van der Waals surface area (Å²) < 4.78 is 9.30. The molecule has 2 aromatic rings. The number of rotatable bonds is 7. The summed E-state index contributed by atoms with van der Waals surface area (Å²) >= 11 is 7.03. The van der Waals surface area contributed by atoms with E-state index in [9.17, 15) is 0 Å². The number of methoxy groups -OCH3 is 1. The highest BCUT2D eigenvalue weighted by Gasteiger charge is 2.07. The molecule has 0 aliphatic rings. The van der Waals surface area contributed by atoms with Crippen LogP contribution in [0.15, 0.2) is 39.8 Å². The van der Waals surface area contributed by atoms with Crippen LogP contribution in [-0.2, 0) is 13.1 Å². The van der Waals surface area contributed by atoms with Crippen molar-refractivity contribution in [2.75, 3.05) is 13.7 Å². The largest absolute Gasteiger partial charge is 0.494 e. The Balaban J connectivity index is 1.76. The Morgan fingerprint density at radius 1 is 1.30 bits per heavy atom. The quantitative estimate of drug-likeness (QED) is 0.719. The number of imidazole rings is 1. The molecule has 4 nitrogen and oxygen atoms in total. The number of nitrogens with zero attached hydrogens (tertiary/aromatic N) is 2.